The Balaban J connectivity index is 1.97. The highest BCUT2D eigenvalue weighted by Gasteiger charge is 2.18. The maximum absolute atomic E-state index is 12.4. The van der Waals surface area contributed by atoms with E-state index in [-0.39, 0.29) is 18.4 Å². The van der Waals surface area contributed by atoms with Gasteiger partial charge in [0.25, 0.3) is 5.91 Å². The molecule has 6 heteroatoms. The molecule has 0 atom stereocenters. The largest absolute Gasteiger partial charge is 0.497 e. The van der Waals surface area contributed by atoms with Gasteiger partial charge in [0.05, 0.1) is 12.0 Å². The van der Waals surface area contributed by atoms with Gasteiger partial charge in [-0.2, -0.15) is 0 Å². The molecule has 0 saturated heterocycles. The molecule has 0 spiro atoms. The summed E-state index contributed by atoms with van der Waals surface area (Å²) in [6, 6.07) is 10.8. The molecule has 0 fully saturated rings. The quantitative estimate of drug-likeness (QED) is 0.884. The Kier molecular flexibility index (Phi) is 5.76. The topological polar surface area (TPSA) is 58.6 Å². The minimum atomic E-state index is -0.223. The summed E-state index contributed by atoms with van der Waals surface area (Å²) in [6.07, 6.45) is 0. The van der Waals surface area contributed by atoms with Crippen molar-refractivity contribution in [3.63, 3.8) is 0 Å². The molecule has 0 unspecified atom stereocenters. The Bertz CT molecular complexity index is 679. The molecule has 0 saturated carbocycles. The summed E-state index contributed by atoms with van der Waals surface area (Å²) in [5.41, 5.74) is 0.672. The maximum Gasteiger partial charge on any atom is 0.264 e. The number of nitrogens with one attached hydrogen (secondary N) is 1. The van der Waals surface area contributed by atoms with Gasteiger partial charge in [0.1, 0.15) is 12.3 Å². The number of carbonyl (C=O) groups excluding carboxylic acids is 2. The lowest BCUT2D eigenvalue weighted by atomic mass is 10.3. The summed E-state index contributed by atoms with van der Waals surface area (Å²) in [5, 5.41) is 2.78. The fourth-order valence-electron chi connectivity index (χ4n) is 2.08. The molecule has 2 amide bonds. The number of carbonyl (C=O) groups is 2. The van der Waals surface area contributed by atoms with Crippen molar-refractivity contribution in [1.82, 2.24) is 4.90 Å². The van der Waals surface area contributed by atoms with Crippen LogP contribution in [0, 0.1) is 6.92 Å². The average Bonchev–Trinajstić information content (AvgIpc) is 2.99. The third-order valence-electron chi connectivity index (χ3n) is 3.33. The van der Waals surface area contributed by atoms with Crippen molar-refractivity contribution in [1.29, 1.82) is 0 Å². The fraction of sp³-hybridized carbons (Fsp3) is 0.294. The van der Waals surface area contributed by atoms with Crippen LogP contribution in [0.15, 0.2) is 36.4 Å². The number of hydrogen-bond acceptors (Lipinski definition) is 4. The first kappa shape index (κ1) is 17.0. The molecule has 5 nitrogen and oxygen atoms in total. The van der Waals surface area contributed by atoms with Gasteiger partial charge >= 0.3 is 0 Å². The predicted octanol–water partition coefficient (Wildman–Crippen LogP) is 3.17. The summed E-state index contributed by atoms with van der Waals surface area (Å²) in [6.45, 7) is 4.32. The Hall–Kier alpha value is -2.34. The summed E-state index contributed by atoms with van der Waals surface area (Å²) >= 11 is 1.44. The molecule has 1 heterocycles. The van der Waals surface area contributed by atoms with E-state index in [0.717, 1.165) is 10.6 Å². The highest BCUT2D eigenvalue weighted by Crippen LogP contribution is 2.18. The van der Waals surface area contributed by atoms with E-state index < -0.39 is 0 Å². The summed E-state index contributed by atoms with van der Waals surface area (Å²) in [7, 11) is 1.59. The number of nitrogens with zero attached hydrogens (tertiary/aromatic N) is 1. The van der Waals surface area contributed by atoms with E-state index in [1.54, 1.807) is 37.4 Å². The zero-order chi connectivity index (χ0) is 16.8. The van der Waals surface area contributed by atoms with Crippen LogP contribution >= 0.6 is 11.3 Å². The van der Waals surface area contributed by atoms with Gasteiger partial charge in [0.2, 0.25) is 5.91 Å². The van der Waals surface area contributed by atoms with Crippen molar-refractivity contribution < 1.29 is 14.3 Å². The predicted molar refractivity (Wildman–Crippen MR) is 92.3 cm³/mol. The minimum Gasteiger partial charge on any atom is -0.497 e. The first-order valence-corrected chi connectivity index (χ1v) is 8.14. The second kappa shape index (κ2) is 7.78. The van der Waals surface area contributed by atoms with E-state index in [9.17, 15) is 9.59 Å². The molecule has 0 aliphatic rings. The molecule has 0 radical (unpaired) electrons. The lowest BCUT2D eigenvalue weighted by Gasteiger charge is -2.19. The van der Waals surface area contributed by atoms with Crippen LogP contribution in [0.2, 0.25) is 0 Å². The molecule has 122 valence electrons. The smallest absolute Gasteiger partial charge is 0.264 e. The molecule has 1 aromatic heterocycles. The van der Waals surface area contributed by atoms with Gasteiger partial charge in [-0.15, -0.1) is 11.3 Å². The molecule has 0 bridgehead atoms. The van der Waals surface area contributed by atoms with Crippen LogP contribution in [0.3, 0.4) is 0 Å². The van der Waals surface area contributed by atoms with E-state index in [1.807, 2.05) is 19.9 Å². The number of ether oxygens (including phenoxy) is 1. The standard InChI is InChI=1S/C17H20N2O3S/c1-4-19(17(21)15-10-5-12(2)23-15)11-16(20)18-13-6-8-14(22-3)9-7-13/h5-10H,4,11H2,1-3H3,(H,18,20). The number of benzene rings is 1. The Morgan fingerprint density at radius 3 is 2.39 bits per heavy atom. The summed E-state index contributed by atoms with van der Waals surface area (Å²) < 4.78 is 5.07. The van der Waals surface area contributed by atoms with Gasteiger partial charge in [0.15, 0.2) is 0 Å². The monoisotopic (exact) mass is 332 g/mol. The molecule has 2 rings (SSSR count). The molecule has 23 heavy (non-hydrogen) atoms. The molecular formula is C17H20N2O3S. The first-order valence-electron chi connectivity index (χ1n) is 7.33. The number of aryl methyl sites for hydroxylation is 1. The summed E-state index contributed by atoms with van der Waals surface area (Å²) in [5.74, 6) is 0.385. The van der Waals surface area contributed by atoms with E-state index >= 15 is 0 Å². The average molecular weight is 332 g/mol. The number of methoxy groups -OCH3 is 1. The third-order valence-corrected chi connectivity index (χ3v) is 4.32. The molecule has 0 aliphatic heterocycles. The molecule has 1 aromatic carbocycles. The van der Waals surface area contributed by atoms with Gasteiger partial charge in [-0.05, 0) is 50.2 Å². The van der Waals surface area contributed by atoms with Gasteiger partial charge < -0.3 is 15.0 Å². The molecule has 0 aliphatic carbocycles. The molecule has 1 N–H and O–H groups in total. The number of rotatable bonds is 6. The minimum absolute atomic E-state index is 0.0261. The van der Waals surface area contributed by atoms with Gasteiger partial charge in [-0.3, -0.25) is 9.59 Å². The Morgan fingerprint density at radius 2 is 1.87 bits per heavy atom. The number of anilines is 1. The maximum atomic E-state index is 12.4. The first-order chi connectivity index (χ1) is 11.0. The van der Waals surface area contributed by atoms with E-state index in [1.165, 1.54) is 16.2 Å². The molecule has 2 aromatic rings. The Labute approximate surface area is 139 Å². The zero-order valence-corrected chi connectivity index (χ0v) is 14.3. The van der Waals surface area contributed by atoms with Crippen molar-refractivity contribution in [2.45, 2.75) is 13.8 Å². The van der Waals surface area contributed by atoms with Crippen LogP contribution < -0.4 is 10.1 Å². The van der Waals surface area contributed by atoms with Crippen LogP contribution in [0.1, 0.15) is 21.5 Å². The van der Waals surface area contributed by atoms with Crippen molar-refractivity contribution in [3.8, 4) is 5.75 Å². The lowest BCUT2D eigenvalue weighted by molar-refractivity contribution is -0.116. The van der Waals surface area contributed by atoms with E-state index in [4.69, 9.17) is 4.74 Å². The Morgan fingerprint density at radius 1 is 1.17 bits per heavy atom. The van der Waals surface area contributed by atoms with Crippen LogP contribution in [0.4, 0.5) is 5.69 Å². The number of hydrogen-bond donors (Lipinski definition) is 1. The van der Waals surface area contributed by atoms with E-state index in [2.05, 4.69) is 5.32 Å². The number of amides is 2. The third kappa shape index (κ3) is 4.56. The number of likely N-dealkylation sites (N-methyl/N-ethyl adjacent to an activating group) is 1. The highest BCUT2D eigenvalue weighted by atomic mass is 32.1. The van der Waals surface area contributed by atoms with Gasteiger partial charge in [0, 0.05) is 17.1 Å². The lowest BCUT2D eigenvalue weighted by Crippen LogP contribution is -2.37. The van der Waals surface area contributed by atoms with Crippen molar-refractivity contribution in [2.75, 3.05) is 25.5 Å². The zero-order valence-electron chi connectivity index (χ0n) is 13.5. The van der Waals surface area contributed by atoms with Crippen LogP contribution in [-0.4, -0.2) is 36.9 Å². The second-order valence-electron chi connectivity index (χ2n) is 5.01. The van der Waals surface area contributed by atoms with Crippen molar-refractivity contribution in [2.24, 2.45) is 0 Å². The molecular weight excluding hydrogens is 312 g/mol. The van der Waals surface area contributed by atoms with Gasteiger partial charge in [-0.25, -0.2) is 0 Å². The van der Waals surface area contributed by atoms with Crippen molar-refractivity contribution in [3.05, 3.63) is 46.2 Å². The fourth-order valence-corrected chi connectivity index (χ4v) is 2.92. The van der Waals surface area contributed by atoms with Crippen LogP contribution in [-0.2, 0) is 4.79 Å². The highest BCUT2D eigenvalue weighted by molar-refractivity contribution is 7.13. The second-order valence-corrected chi connectivity index (χ2v) is 6.29. The number of thiophene rings is 1. The van der Waals surface area contributed by atoms with Gasteiger partial charge in [-0.1, -0.05) is 0 Å². The van der Waals surface area contributed by atoms with E-state index in [0.29, 0.717) is 17.1 Å². The van der Waals surface area contributed by atoms with Crippen molar-refractivity contribution >= 4 is 28.8 Å². The summed E-state index contributed by atoms with van der Waals surface area (Å²) in [4.78, 5) is 27.8. The SMILES string of the molecule is CCN(CC(=O)Nc1ccc(OC)cc1)C(=O)c1ccc(C)s1. The normalized spacial score (nSPS) is 10.2. The van der Waals surface area contributed by atoms with Crippen LogP contribution in [0.5, 0.6) is 5.75 Å². The van der Waals surface area contributed by atoms with Crippen LogP contribution in [0.25, 0.3) is 0 Å².